The molecule has 1 heterocycles. The van der Waals surface area contributed by atoms with Crippen molar-refractivity contribution in [1.29, 1.82) is 0 Å². The summed E-state index contributed by atoms with van der Waals surface area (Å²) in [5.41, 5.74) is 5.32. The fourth-order valence-electron chi connectivity index (χ4n) is 2.54. The average molecular weight is 474 g/mol. The van der Waals surface area contributed by atoms with Crippen molar-refractivity contribution in [2.45, 2.75) is 25.4 Å². The number of halogens is 3. The maximum absolute atomic E-state index is 12.3. The molecule has 1 aliphatic rings. The molecule has 0 bridgehead atoms. The molecular formula is C24H26F3N5S. The molecule has 1 aliphatic carbocycles. The van der Waals surface area contributed by atoms with Crippen LogP contribution in [0.5, 0.6) is 0 Å². The minimum absolute atomic E-state index is 0.172. The van der Waals surface area contributed by atoms with E-state index in [1.165, 1.54) is 29.2 Å². The van der Waals surface area contributed by atoms with Crippen molar-refractivity contribution in [1.82, 2.24) is 15.0 Å². The normalized spacial score (nSPS) is 13.8. The molecule has 174 valence electrons. The lowest BCUT2D eigenvalue weighted by Crippen LogP contribution is -2.33. The van der Waals surface area contributed by atoms with Gasteiger partial charge in [0.1, 0.15) is 5.82 Å². The number of hydrogen-bond donors (Lipinski definition) is 1. The third-order valence-corrected chi connectivity index (χ3v) is 5.40. The molecule has 1 aromatic rings. The van der Waals surface area contributed by atoms with E-state index in [1.54, 1.807) is 13.1 Å². The topological polar surface area (TPSA) is 67.4 Å². The van der Waals surface area contributed by atoms with Crippen LogP contribution in [0.1, 0.15) is 17.8 Å². The van der Waals surface area contributed by atoms with Crippen molar-refractivity contribution in [3.05, 3.63) is 101 Å². The third-order valence-electron chi connectivity index (χ3n) is 4.37. The van der Waals surface area contributed by atoms with Crippen molar-refractivity contribution >= 4 is 16.8 Å². The van der Waals surface area contributed by atoms with Gasteiger partial charge in [-0.05, 0) is 41.9 Å². The number of nitrogens with two attached hydrogens (primary N) is 1. The predicted octanol–water partition coefficient (Wildman–Crippen LogP) is 5.24. The van der Waals surface area contributed by atoms with Gasteiger partial charge in [-0.3, -0.25) is 4.99 Å². The summed E-state index contributed by atoms with van der Waals surface area (Å²) in [5, 5.41) is 2.25. The van der Waals surface area contributed by atoms with E-state index in [9.17, 15) is 13.2 Å². The summed E-state index contributed by atoms with van der Waals surface area (Å²) >= 11 is 1.43. The van der Waals surface area contributed by atoms with Crippen LogP contribution in [0.4, 0.5) is 13.2 Å². The second-order valence-electron chi connectivity index (χ2n) is 6.97. The third kappa shape index (κ3) is 9.91. The largest absolute Gasteiger partial charge is 0.389 e. The van der Waals surface area contributed by atoms with E-state index in [4.69, 9.17) is 5.84 Å². The summed E-state index contributed by atoms with van der Waals surface area (Å²) in [6, 6.07) is 0. The molecule has 0 amide bonds. The highest BCUT2D eigenvalue weighted by atomic mass is 32.2. The molecule has 5 nitrogen and oxygen atoms in total. The van der Waals surface area contributed by atoms with Gasteiger partial charge >= 0.3 is 6.18 Å². The minimum Gasteiger partial charge on any atom is -0.305 e. The van der Waals surface area contributed by atoms with Crippen LogP contribution in [0.2, 0.25) is 0 Å². The van der Waals surface area contributed by atoms with Crippen LogP contribution in [0.3, 0.4) is 0 Å². The summed E-state index contributed by atoms with van der Waals surface area (Å²) in [6.45, 7) is 8.43. The summed E-state index contributed by atoms with van der Waals surface area (Å²) in [6.07, 6.45) is 11.2. The van der Waals surface area contributed by atoms with E-state index < -0.39 is 12.6 Å². The van der Waals surface area contributed by atoms with Gasteiger partial charge in [-0.1, -0.05) is 43.1 Å². The Kier molecular flexibility index (Phi) is 10.1. The number of hydrogen-bond acceptors (Lipinski definition) is 6. The van der Waals surface area contributed by atoms with E-state index in [0.717, 1.165) is 21.1 Å². The van der Waals surface area contributed by atoms with Gasteiger partial charge in [-0.2, -0.15) is 13.2 Å². The monoisotopic (exact) mass is 473 g/mol. The van der Waals surface area contributed by atoms with Crippen LogP contribution in [0.15, 0.2) is 95.0 Å². The molecule has 0 aromatic carbocycles. The van der Waals surface area contributed by atoms with Crippen LogP contribution >= 0.6 is 11.8 Å². The molecule has 33 heavy (non-hydrogen) atoms. The smallest absolute Gasteiger partial charge is 0.305 e. The number of aromatic nitrogens is 2. The Morgan fingerprint density at radius 3 is 2.67 bits per heavy atom. The minimum atomic E-state index is -4.22. The van der Waals surface area contributed by atoms with Crippen LogP contribution in [-0.2, 0) is 12.8 Å². The van der Waals surface area contributed by atoms with Crippen LogP contribution < -0.4 is 5.84 Å². The molecule has 1 aromatic heterocycles. The molecule has 0 aliphatic heterocycles. The Labute approximate surface area is 196 Å². The average Bonchev–Trinajstić information content (AvgIpc) is 3.07. The second kappa shape index (κ2) is 12.8. The molecular weight excluding hydrogens is 447 g/mol. The first kappa shape index (κ1) is 26.1. The molecule has 0 saturated carbocycles. The SMILES string of the molecule is C=C(S/C(CN(N)C(=C)/C=C\Cc1cnc(CCC(F)(F)F)nc1)=N\C)C1=CC=C=CC=C1. The zero-order chi connectivity index (χ0) is 24.3. The zero-order valence-corrected chi connectivity index (χ0v) is 19.2. The molecule has 0 spiro atoms. The molecule has 9 heteroatoms. The molecule has 0 saturated heterocycles. The highest BCUT2D eigenvalue weighted by Gasteiger charge is 2.26. The standard InChI is InChI=1S/C24H26F3N5S/c1-18(9-8-10-20-15-30-22(31-16-20)13-14-24(25,26)27)32(28)17-23(29-3)33-19(2)21-11-6-4-5-7-12-21/h4,6-9,11-12,15-16H,1-2,10,13-14,17,28H2,3H3/b9-8-,29-23-. The van der Waals surface area contributed by atoms with Crippen molar-refractivity contribution in [2.24, 2.45) is 10.8 Å². The lowest BCUT2D eigenvalue weighted by Gasteiger charge is -2.20. The molecule has 0 atom stereocenters. The van der Waals surface area contributed by atoms with E-state index in [1.807, 2.05) is 36.5 Å². The maximum atomic E-state index is 12.3. The number of aryl methyl sites for hydroxylation is 1. The van der Waals surface area contributed by atoms with Crippen molar-refractivity contribution in [3.63, 3.8) is 0 Å². The highest BCUT2D eigenvalue weighted by Crippen LogP contribution is 2.26. The van der Waals surface area contributed by atoms with Crippen molar-refractivity contribution in [2.75, 3.05) is 13.6 Å². The van der Waals surface area contributed by atoms with Gasteiger partial charge in [0.05, 0.1) is 18.0 Å². The number of rotatable bonds is 10. The molecule has 2 N–H and O–H groups in total. The number of allylic oxidation sites excluding steroid dienone is 7. The summed E-state index contributed by atoms with van der Waals surface area (Å²) in [4.78, 5) is 13.1. The summed E-state index contributed by atoms with van der Waals surface area (Å²) in [5.74, 6) is 6.30. The summed E-state index contributed by atoms with van der Waals surface area (Å²) < 4.78 is 36.8. The van der Waals surface area contributed by atoms with Crippen molar-refractivity contribution in [3.8, 4) is 0 Å². The van der Waals surface area contributed by atoms with Gasteiger partial charge < -0.3 is 5.01 Å². The van der Waals surface area contributed by atoms with Gasteiger partial charge in [0, 0.05) is 36.5 Å². The molecule has 2 rings (SSSR count). The van der Waals surface area contributed by atoms with Crippen LogP contribution in [0.25, 0.3) is 0 Å². The first-order valence-corrected chi connectivity index (χ1v) is 10.9. The Morgan fingerprint density at radius 1 is 1.27 bits per heavy atom. The zero-order valence-electron chi connectivity index (χ0n) is 18.3. The predicted molar refractivity (Wildman–Crippen MR) is 129 cm³/mol. The number of aliphatic imine (C=N–C) groups is 1. The number of alkyl halides is 3. The van der Waals surface area contributed by atoms with Crippen LogP contribution in [0, 0.1) is 0 Å². The van der Waals surface area contributed by atoms with E-state index in [2.05, 4.69) is 33.8 Å². The fraction of sp³-hybridized carbons (Fsp3) is 0.250. The lowest BCUT2D eigenvalue weighted by atomic mass is 10.2. The first-order valence-electron chi connectivity index (χ1n) is 10.0. The Balaban J connectivity index is 1.83. The second-order valence-corrected chi connectivity index (χ2v) is 8.14. The van der Waals surface area contributed by atoms with Crippen molar-refractivity contribution < 1.29 is 13.2 Å². The van der Waals surface area contributed by atoms with Crippen LogP contribution in [-0.4, -0.2) is 39.8 Å². The number of hydrazine groups is 1. The van der Waals surface area contributed by atoms with Gasteiger partial charge in [0.15, 0.2) is 0 Å². The quantitative estimate of drug-likeness (QED) is 0.126. The van der Waals surface area contributed by atoms with E-state index >= 15 is 0 Å². The van der Waals surface area contributed by atoms with E-state index in [-0.39, 0.29) is 12.2 Å². The fourth-order valence-corrected chi connectivity index (χ4v) is 3.37. The lowest BCUT2D eigenvalue weighted by molar-refractivity contribution is -0.134. The molecule has 0 fully saturated rings. The summed E-state index contributed by atoms with van der Waals surface area (Å²) in [7, 11) is 1.69. The van der Waals surface area contributed by atoms with Gasteiger partial charge in [0.2, 0.25) is 0 Å². The molecule has 0 radical (unpaired) electrons. The molecule has 0 unspecified atom stereocenters. The Hall–Kier alpha value is -3.13. The first-order chi connectivity index (χ1) is 15.7. The number of thioether (sulfide) groups is 1. The number of nitrogens with zero attached hydrogens (tertiary/aromatic N) is 4. The van der Waals surface area contributed by atoms with Gasteiger partial charge in [0.25, 0.3) is 0 Å². The van der Waals surface area contributed by atoms with E-state index in [0.29, 0.717) is 18.7 Å². The maximum Gasteiger partial charge on any atom is 0.389 e. The Morgan fingerprint density at radius 2 is 2.00 bits per heavy atom. The Bertz CT molecular complexity index is 1030. The highest BCUT2D eigenvalue weighted by molar-refractivity contribution is 8.17. The van der Waals surface area contributed by atoms with Gasteiger partial charge in [-0.15, -0.1) is 5.73 Å². The van der Waals surface area contributed by atoms with Gasteiger partial charge in [-0.25, -0.2) is 15.8 Å².